The van der Waals surface area contributed by atoms with Crippen LogP contribution >= 0.6 is 0 Å². The molecule has 0 saturated carbocycles. The number of carbonyl (C=O) groups is 2. The normalized spacial score (nSPS) is 11.2. The second-order valence-electron chi connectivity index (χ2n) is 5.86. The van der Waals surface area contributed by atoms with Gasteiger partial charge in [-0.1, -0.05) is 0 Å². The Labute approximate surface area is 165 Å². The van der Waals surface area contributed by atoms with E-state index in [1.54, 1.807) is 0 Å². The first-order valence-corrected chi connectivity index (χ1v) is 9.40. The molecule has 0 aliphatic carbocycles. The molecule has 0 bridgehead atoms. The number of benzene rings is 2. The summed E-state index contributed by atoms with van der Waals surface area (Å²) in [6.07, 6.45) is 0. The number of ether oxygens (including phenoxy) is 1. The highest BCUT2D eigenvalue weighted by atomic mass is 32.2. The molecule has 2 aromatic rings. The SMILES string of the molecule is CN(C)S(=O)(=O)c1ccc(C(=O)OCC(=O)Nc2cc([N+](=O)[O-])ccc2F)cc1. The van der Waals surface area contributed by atoms with Crippen molar-refractivity contribution in [2.45, 2.75) is 4.90 Å². The fourth-order valence-electron chi connectivity index (χ4n) is 2.10. The number of nitrogens with zero attached hydrogens (tertiary/aromatic N) is 2. The molecule has 10 nitrogen and oxygen atoms in total. The van der Waals surface area contributed by atoms with E-state index in [1.807, 2.05) is 0 Å². The topological polar surface area (TPSA) is 136 Å². The van der Waals surface area contributed by atoms with Gasteiger partial charge >= 0.3 is 5.97 Å². The molecule has 0 aliphatic rings. The van der Waals surface area contributed by atoms with Crippen LogP contribution in [0.2, 0.25) is 0 Å². The zero-order valence-electron chi connectivity index (χ0n) is 15.3. The maximum absolute atomic E-state index is 13.7. The number of nitro benzene ring substituents is 1. The summed E-state index contributed by atoms with van der Waals surface area (Å²) in [5, 5.41) is 12.8. The standard InChI is InChI=1S/C17H16FN3O7S/c1-20(2)29(26,27)13-6-3-11(4-7-13)17(23)28-10-16(22)19-15-9-12(21(24)25)5-8-14(15)18/h3-9H,10H2,1-2H3,(H,19,22). The van der Waals surface area contributed by atoms with Crippen molar-refractivity contribution in [3.05, 3.63) is 64.0 Å². The maximum Gasteiger partial charge on any atom is 0.338 e. The number of hydrogen-bond acceptors (Lipinski definition) is 7. The minimum absolute atomic E-state index is 0.00274. The average molecular weight is 425 g/mol. The van der Waals surface area contributed by atoms with Gasteiger partial charge in [-0.05, 0) is 30.3 Å². The predicted molar refractivity (Wildman–Crippen MR) is 99.3 cm³/mol. The molecule has 12 heteroatoms. The van der Waals surface area contributed by atoms with Crippen molar-refractivity contribution in [3.8, 4) is 0 Å². The number of esters is 1. The summed E-state index contributed by atoms with van der Waals surface area (Å²) in [6, 6.07) is 7.45. The summed E-state index contributed by atoms with van der Waals surface area (Å²) in [4.78, 5) is 33.7. The van der Waals surface area contributed by atoms with Crippen LogP contribution in [-0.2, 0) is 19.6 Å². The summed E-state index contributed by atoms with van der Waals surface area (Å²) < 4.78 is 43.4. The van der Waals surface area contributed by atoms with Crippen molar-refractivity contribution in [2.75, 3.05) is 26.0 Å². The zero-order chi connectivity index (χ0) is 21.8. The molecule has 0 radical (unpaired) electrons. The minimum atomic E-state index is -3.66. The number of anilines is 1. The number of nitro groups is 1. The molecule has 1 amide bonds. The molecule has 0 unspecified atom stereocenters. The highest BCUT2D eigenvalue weighted by Gasteiger charge is 2.19. The number of carbonyl (C=O) groups excluding carboxylic acids is 2. The van der Waals surface area contributed by atoms with Gasteiger partial charge in [0.15, 0.2) is 6.61 Å². The van der Waals surface area contributed by atoms with Crippen molar-refractivity contribution < 1.29 is 32.1 Å². The highest BCUT2D eigenvalue weighted by molar-refractivity contribution is 7.89. The number of non-ortho nitro benzene ring substituents is 1. The molecule has 0 aliphatic heterocycles. The van der Waals surface area contributed by atoms with Crippen LogP contribution in [0.1, 0.15) is 10.4 Å². The van der Waals surface area contributed by atoms with E-state index in [9.17, 15) is 32.5 Å². The molecule has 0 spiro atoms. The number of amides is 1. The van der Waals surface area contributed by atoms with Crippen molar-refractivity contribution in [1.82, 2.24) is 4.31 Å². The number of hydrogen-bond donors (Lipinski definition) is 1. The van der Waals surface area contributed by atoms with E-state index in [0.717, 1.165) is 22.5 Å². The zero-order valence-corrected chi connectivity index (χ0v) is 16.1. The molecular formula is C17H16FN3O7S. The monoisotopic (exact) mass is 425 g/mol. The molecule has 154 valence electrons. The first-order valence-electron chi connectivity index (χ1n) is 7.96. The quantitative estimate of drug-likeness (QED) is 0.406. The smallest absolute Gasteiger partial charge is 0.338 e. The van der Waals surface area contributed by atoms with Crippen LogP contribution in [0.3, 0.4) is 0 Å². The van der Waals surface area contributed by atoms with Crippen molar-refractivity contribution >= 4 is 33.3 Å². The lowest BCUT2D eigenvalue weighted by Crippen LogP contribution is -2.23. The Morgan fingerprint density at radius 1 is 1.17 bits per heavy atom. The van der Waals surface area contributed by atoms with Crippen molar-refractivity contribution in [2.24, 2.45) is 0 Å². The summed E-state index contributed by atoms with van der Waals surface area (Å²) in [5.41, 5.74) is -0.859. The molecule has 2 aromatic carbocycles. The maximum atomic E-state index is 13.7. The first kappa shape index (κ1) is 21.9. The van der Waals surface area contributed by atoms with E-state index in [-0.39, 0.29) is 10.5 Å². The van der Waals surface area contributed by atoms with Gasteiger partial charge in [0.2, 0.25) is 10.0 Å². The summed E-state index contributed by atoms with van der Waals surface area (Å²) in [7, 11) is -0.937. The van der Waals surface area contributed by atoms with Gasteiger partial charge in [-0.25, -0.2) is 21.9 Å². The predicted octanol–water partition coefficient (Wildman–Crippen LogP) is 1.78. The number of nitrogens with one attached hydrogen (secondary N) is 1. The molecule has 1 N–H and O–H groups in total. The Kier molecular flexibility index (Phi) is 6.61. The Bertz CT molecular complexity index is 1050. The molecule has 0 heterocycles. The summed E-state index contributed by atoms with van der Waals surface area (Å²) in [5.74, 6) is -2.72. The van der Waals surface area contributed by atoms with Gasteiger partial charge in [-0.15, -0.1) is 0 Å². The van der Waals surface area contributed by atoms with Crippen LogP contribution in [0.5, 0.6) is 0 Å². The molecule has 2 rings (SSSR count). The van der Waals surface area contributed by atoms with Gasteiger partial charge < -0.3 is 10.1 Å². The fourth-order valence-corrected chi connectivity index (χ4v) is 3.00. The second-order valence-corrected chi connectivity index (χ2v) is 8.01. The lowest BCUT2D eigenvalue weighted by molar-refractivity contribution is -0.384. The van der Waals surface area contributed by atoms with Gasteiger partial charge in [0.05, 0.1) is 21.1 Å². The molecule has 0 aromatic heterocycles. The third kappa shape index (κ3) is 5.33. The Morgan fingerprint density at radius 2 is 1.79 bits per heavy atom. The lowest BCUT2D eigenvalue weighted by Gasteiger charge is -2.11. The largest absolute Gasteiger partial charge is 0.452 e. The van der Waals surface area contributed by atoms with Crippen molar-refractivity contribution in [1.29, 1.82) is 0 Å². The van der Waals surface area contributed by atoms with Crippen molar-refractivity contribution in [3.63, 3.8) is 0 Å². The van der Waals surface area contributed by atoms with E-state index in [1.165, 1.54) is 38.4 Å². The summed E-state index contributed by atoms with van der Waals surface area (Å²) in [6.45, 7) is -0.779. The Balaban J connectivity index is 2.00. The number of sulfonamides is 1. The van der Waals surface area contributed by atoms with Gasteiger partial charge in [-0.3, -0.25) is 14.9 Å². The van der Waals surface area contributed by atoms with Crippen LogP contribution in [0.15, 0.2) is 47.4 Å². The van der Waals surface area contributed by atoms with Crippen LogP contribution in [0, 0.1) is 15.9 Å². The molecule has 0 fully saturated rings. The van der Waals surface area contributed by atoms with E-state index in [0.29, 0.717) is 0 Å². The van der Waals surface area contributed by atoms with E-state index >= 15 is 0 Å². The molecule has 0 atom stereocenters. The minimum Gasteiger partial charge on any atom is -0.452 e. The highest BCUT2D eigenvalue weighted by Crippen LogP contribution is 2.21. The van der Waals surface area contributed by atoms with Crippen LogP contribution in [0.4, 0.5) is 15.8 Å². The van der Waals surface area contributed by atoms with Gasteiger partial charge in [0, 0.05) is 26.2 Å². The number of halogens is 1. The second kappa shape index (κ2) is 8.75. The van der Waals surface area contributed by atoms with Crippen LogP contribution in [0.25, 0.3) is 0 Å². The molecular weight excluding hydrogens is 409 g/mol. The third-order valence-electron chi connectivity index (χ3n) is 3.64. The first-order chi connectivity index (χ1) is 13.5. The van der Waals surface area contributed by atoms with Gasteiger partial charge in [0.1, 0.15) is 5.82 Å². The van der Waals surface area contributed by atoms with Crippen LogP contribution in [-0.4, -0.2) is 50.2 Å². The molecule has 0 saturated heterocycles. The number of rotatable bonds is 7. The van der Waals surface area contributed by atoms with Crippen LogP contribution < -0.4 is 5.32 Å². The fraction of sp³-hybridized carbons (Fsp3) is 0.176. The summed E-state index contributed by atoms with van der Waals surface area (Å²) >= 11 is 0. The van der Waals surface area contributed by atoms with Gasteiger partial charge in [-0.2, -0.15) is 0 Å². The third-order valence-corrected chi connectivity index (χ3v) is 5.47. The lowest BCUT2D eigenvalue weighted by atomic mass is 10.2. The van der Waals surface area contributed by atoms with E-state index in [4.69, 9.17) is 4.74 Å². The Hall–Kier alpha value is -3.38. The van der Waals surface area contributed by atoms with Gasteiger partial charge in [0.25, 0.3) is 11.6 Å². The van der Waals surface area contributed by atoms with E-state index < -0.39 is 50.6 Å². The average Bonchev–Trinajstić information content (AvgIpc) is 2.67. The Morgan fingerprint density at radius 3 is 2.34 bits per heavy atom. The molecule has 29 heavy (non-hydrogen) atoms. The van der Waals surface area contributed by atoms with E-state index in [2.05, 4.69) is 5.32 Å².